The van der Waals surface area contributed by atoms with Crippen LogP contribution in [0.4, 0.5) is 4.79 Å². The number of urea groups is 1. The number of nitrogens with zero attached hydrogens (tertiary/aromatic N) is 1. The van der Waals surface area contributed by atoms with Crippen molar-refractivity contribution in [3.8, 4) is 0 Å². The number of nitrogens with one attached hydrogen (secondary N) is 2. The van der Waals surface area contributed by atoms with Crippen molar-refractivity contribution in [1.82, 2.24) is 15.5 Å². The topological polar surface area (TPSA) is 108 Å². The van der Waals surface area contributed by atoms with Gasteiger partial charge in [0.05, 0.1) is 0 Å². The van der Waals surface area contributed by atoms with E-state index in [1.807, 2.05) is 0 Å². The van der Waals surface area contributed by atoms with E-state index in [2.05, 4.69) is 10.6 Å². The molecule has 1 saturated heterocycles. The lowest BCUT2D eigenvalue weighted by molar-refractivity contribution is -0.148. The number of ether oxygens (including phenoxy) is 1. The Morgan fingerprint density at radius 1 is 1.32 bits per heavy atom. The molecule has 0 saturated carbocycles. The molecule has 0 bridgehead atoms. The van der Waals surface area contributed by atoms with Crippen LogP contribution in [0.25, 0.3) is 0 Å². The minimum Gasteiger partial charge on any atom is -0.480 e. The van der Waals surface area contributed by atoms with Crippen molar-refractivity contribution in [2.75, 3.05) is 33.9 Å². The van der Waals surface area contributed by atoms with E-state index in [1.54, 1.807) is 0 Å². The lowest BCUT2D eigenvalue weighted by atomic mass is 9.90. The number of hydrogen-bond donors (Lipinski definition) is 3. The summed E-state index contributed by atoms with van der Waals surface area (Å²) in [6, 6.07) is -0.590. The highest BCUT2D eigenvalue weighted by atomic mass is 16.5. The highest BCUT2D eigenvalue weighted by molar-refractivity contribution is 5.88. The van der Waals surface area contributed by atoms with Crippen LogP contribution in [0.5, 0.6) is 0 Å². The Morgan fingerprint density at radius 2 is 1.89 bits per heavy atom. The van der Waals surface area contributed by atoms with Gasteiger partial charge in [-0.25, -0.2) is 9.59 Å². The molecule has 1 aliphatic heterocycles. The van der Waals surface area contributed by atoms with E-state index in [9.17, 15) is 19.5 Å². The average Bonchev–Trinajstić information content (AvgIpc) is 2.39. The first-order valence-corrected chi connectivity index (χ1v) is 5.96. The molecule has 1 aliphatic rings. The Kier molecular flexibility index (Phi) is 5.11. The van der Waals surface area contributed by atoms with Crippen LogP contribution in [-0.2, 0) is 14.3 Å². The zero-order chi connectivity index (χ0) is 14.5. The molecular formula is C11H19N3O5. The van der Waals surface area contributed by atoms with Gasteiger partial charge in [-0.1, -0.05) is 0 Å². The summed E-state index contributed by atoms with van der Waals surface area (Å²) in [6.07, 6.45) is 0.420. The molecule has 0 radical (unpaired) electrons. The van der Waals surface area contributed by atoms with Crippen molar-refractivity contribution in [2.45, 2.75) is 18.4 Å². The summed E-state index contributed by atoms with van der Waals surface area (Å²) in [4.78, 5) is 35.5. The zero-order valence-electron chi connectivity index (χ0n) is 11.1. The van der Waals surface area contributed by atoms with Crippen molar-refractivity contribution in [3.05, 3.63) is 0 Å². The van der Waals surface area contributed by atoms with Crippen LogP contribution >= 0.6 is 0 Å². The van der Waals surface area contributed by atoms with Gasteiger partial charge >= 0.3 is 12.0 Å². The van der Waals surface area contributed by atoms with E-state index in [0.717, 1.165) is 4.90 Å². The second-order valence-electron chi connectivity index (χ2n) is 4.46. The maximum Gasteiger partial charge on any atom is 0.329 e. The smallest absolute Gasteiger partial charge is 0.329 e. The van der Waals surface area contributed by atoms with Crippen molar-refractivity contribution in [1.29, 1.82) is 0 Å². The molecule has 3 N–H and O–H groups in total. The van der Waals surface area contributed by atoms with Crippen LogP contribution in [0, 0.1) is 0 Å². The molecule has 0 atom stereocenters. The number of aliphatic carboxylic acids is 1. The normalized spacial score (nSPS) is 17.4. The predicted molar refractivity (Wildman–Crippen MR) is 65.6 cm³/mol. The van der Waals surface area contributed by atoms with Gasteiger partial charge in [0.25, 0.3) is 0 Å². The SMILES string of the molecule is CNC(=O)CN(C)C(=O)NC1(C(=O)O)CCOCC1. The van der Waals surface area contributed by atoms with Crippen LogP contribution in [0.15, 0.2) is 0 Å². The highest BCUT2D eigenvalue weighted by Gasteiger charge is 2.42. The van der Waals surface area contributed by atoms with Gasteiger partial charge in [0.1, 0.15) is 12.1 Å². The molecule has 0 aliphatic carbocycles. The van der Waals surface area contributed by atoms with Gasteiger partial charge in [-0.2, -0.15) is 0 Å². The molecule has 19 heavy (non-hydrogen) atoms. The van der Waals surface area contributed by atoms with E-state index in [4.69, 9.17) is 4.74 Å². The number of carbonyl (C=O) groups excluding carboxylic acids is 2. The molecule has 3 amide bonds. The van der Waals surface area contributed by atoms with Gasteiger partial charge in [0.15, 0.2) is 0 Å². The van der Waals surface area contributed by atoms with Crippen molar-refractivity contribution in [3.63, 3.8) is 0 Å². The standard InChI is InChI=1S/C11H19N3O5/c1-12-8(15)7-14(2)10(18)13-11(9(16)17)3-5-19-6-4-11/h3-7H2,1-2H3,(H,12,15)(H,13,18)(H,16,17). The number of carbonyl (C=O) groups is 3. The third-order valence-corrected chi connectivity index (χ3v) is 3.11. The predicted octanol–water partition coefficient (Wildman–Crippen LogP) is -0.992. The van der Waals surface area contributed by atoms with E-state index in [1.165, 1.54) is 14.1 Å². The first kappa shape index (κ1) is 15.2. The molecule has 8 nitrogen and oxygen atoms in total. The molecule has 0 aromatic heterocycles. The number of likely N-dealkylation sites (N-methyl/N-ethyl adjacent to an activating group) is 2. The van der Waals surface area contributed by atoms with Crippen LogP contribution in [0.1, 0.15) is 12.8 Å². The molecule has 1 rings (SSSR count). The highest BCUT2D eigenvalue weighted by Crippen LogP contribution is 2.21. The summed E-state index contributed by atoms with van der Waals surface area (Å²) >= 11 is 0. The lowest BCUT2D eigenvalue weighted by Gasteiger charge is -2.35. The number of rotatable bonds is 4. The van der Waals surface area contributed by atoms with E-state index in [-0.39, 0.29) is 38.5 Å². The van der Waals surface area contributed by atoms with E-state index >= 15 is 0 Å². The number of amides is 3. The fraction of sp³-hybridized carbons (Fsp3) is 0.727. The van der Waals surface area contributed by atoms with Crippen LogP contribution in [0.2, 0.25) is 0 Å². The molecular weight excluding hydrogens is 254 g/mol. The quantitative estimate of drug-likeness (QED) is 0.609. The third-order valence-electron chi connectivity index (χ3n) is 3.11. The van der Waals surface area contributed by atoms with Crippen molar-refractivity contribution < 1.29 is 24.2 Å². The maximum atomic E-state index is 11.9. The van der Waals surface area contributed by atoms with Gasteiger partial charge in [0.2, 0.25) is 5.91 Å². The van der Waals surface area contributed by atoms with Crippen molar-refractivity contribution in [2.24, 2.45) is 0 Å². The third kappa shape index (κ3) is 3.82. The first-order valence-electron chi connectivity index (χ1n) is 5.96. The monoisotopic (exact) mass is 273 g/mol. The summed E-state index contributed by atoms with van der Waals surface area (Å²) in [5, 5.41) is 14.2. The van der Waals surface area contributed by atoms with Gasteiger partial charge in [-0.3, -0.25) is 4.79 Å². The fourth-order valence-electron chi connectivity index (χ4n) is 1.78. The van der Waals surface area contributed by atoms with Gasteiger partial charge in [-0.05, 0) is 0 Å². The number of carboxylic acid groups (broad SMARTS) is 1. The fourth-order valence-corrected chi connectivity index (χ4v) is 1.78. The molecule has 108 valence electrons. The molecule has 0 unspecified atom stereocenters. The van der Waals surface area contributed by atoms with E-state index in [0.29, 0.717) is 0 Å². The Bertz CT molecular complexity index is 365. The first-order chi connectivity index (χ1) is 8.91. The Balaban J connectivity index is 2.66. The van der Waals surface area contributed by atoms with Gasteiger partial charge < -0.3 is 25.4 Å². The summed E-state index contributed by atoms with van der Waals surface area (Å²) < 4.78 is 5.11. The Labute approximate surface area is 111 Å². The second-order valence-corrected chi connectivity index (χ2v) is 4.46. The van der Waals surface area contributed by atoms with Gasteiger partial charge in [0, 0.05) is 40.2 Å². The Morgan fingerprint density at radius 3 is 2.37 bits per heavy atom. The number of hydrogen-bond acceptors (Lipinski definition) is 4. The summed E-state index contributed by atoms with van der Waals surface area (Å²) in [6.45, 7) is 0.437. The van der Waals surface area contributed by atoms with Crippen molar-refractivity contribution >= 4 is 17.9 Å². The minimum absolute atomic E-state index is 0.130. The van der Waals surface area contributed by atoms with E-state index < -0.39 is 17.5 Å². The zero-order valence-corrected chi connectivity index (χ0v) is 11.1. The summed E-state index contributed by atoms with van der Waals surface area (Å²) in [5.74, 6) is -1.41. The van der Waals surface area contributed by atoms with Crippen LogP contribution < -0.4 is 10.6 Å². The maximum absolute atomic E-state index is 11.9. The summed E-state index contributed by atoms with van der Waals surface area (Å²) in [7, 11) is 2.89. The molecule has 1 fully saturated rings. The Hall–Kier alpha value is -1.83. The lowest BCUT2D eigenvalue weighted by Crippen LogP contribution is -2.60. The van der Waals surface area contributed by atoms with Crippen LogP contribution in [0.3, 0.4) is 0 Å². The molecule has 1 heterocycles. The van der Waals surface area contributed by atoms with Crippen LogP contribution in [-0.4, -0.2) is 67.3 Å². The number of carboxylic acids is 1. The molecule has 0 aromatic carbocycles. The summed E-state index contributed by atoms with van der Waals surface area (Å²) in [5.41, 5.74) is -1.31. The van der Waals surface area contributed by atoms with Gasteiger partial charge in [-0.15, -0.1) is 0 Å². The average molecular weight is 273 g/mol. The molecule has 0 spiro atoms. The minimum atomic E-state index is -1.31. The molecule has 0 aromatic rings. The molecule has 8 heteroatoms. The second kappa shape index (κ2) is 6.37. The largest absolute Gasteiger partial charge is 0.480 e.